The summed E-state index contributed by atoms with van der Waals surface area (Å²) in [5.74, 6) is -0.307. The largest absolute Gasteiger partial charge is 0.272 e. The summed E-state index contributed by atoms with van der Waals surface area (Å²) < 4.78 is 0.832. The number of non-ortho nitro benzene ring substituents is 1. The van der Waals surface area contributed by atoms with E-state index in [-0.39, 0.29) is 11.6 Å². The van der Waals surface area contributed by atoms with Gasteiger partial charge in [0.2, 0.25) is 0 Å². The van der Waals surface area contributed by atoms with Crippen LogP contribution in [-0.2, 0) is 0 Å². The number of nitrogens with one attached hydrogen (secondary N) is 1. The minimum atomic E-state index is -0.472. The van der Waals surface area contributed by atoms with Crippen molar-refractivity contribution in [1.29, 1.82) is 0 Å². The van der Waals surface area contributed by atoms with Crippen molar-refractivity contribution in [2.45, 2.75) is 0 Å². The molecule has 0 saturated carbocycles. The minimum Gasteiger partial charge on any atom is -0.267 e. The summed E-state index contributed by atoms with van der Waals surface area (Å²) >= 11 is 2.07. The van der Waals surface area contributed by atoms with E-state index in [0.717, 1.165) is 3.57 Å². The monoisotopic (exact) mass is 395 g/mol. The second kappa shape index (κ2) is 6.93. The van der Waals surface area contributed by atoms with E-state index in [2.05, 4.69) is 33.1 Å². The average molecular weight is 395 g/mol. The lowest BCUT2D eigenvalue weighted by molar-refractivity contribution is -0.384. The lowest BCUT2D eigenvalue weighted by Crippen LogP contribution is -2.18. The van der Waals surface area contributed by atoms with E-state index in [0.29, 0.717) is 11.1 Å². The van der Waals surface area contributed by atoms with E-state index in [9.17, 15) is 14.9 Å². The van der Waals surface area contributed by atoms with Gasteiger partial charge < -0.3 is 0 Å². The maximum Gasteiger partial charge on any atom is 0.272 e. The number of halogens is 1. The van der Waals surface area contributed by atoms with Gasteiger partial charge in [0.25, 0.3) is 11.6 Å². The molecular formula is C14H10IN3O3. The molecule has 0 spiro atoms. The Hall–Kier alpha value is -2.29. The number of amides is 1. The molecule has 0 aliphatic carbocycles. The van der Waals surface area contributed by atoms with Crippen LogP contribution in [0.4, 0.5) is 5.69 Å². The summed E-state index contributed by atoms with van der Waals surface area (Å²) in [6.45, 7) is 0. The molecule has 1 amide bonds. The molecule has 7 heteroatoms. The molecule has 21 heavy (non-hydrogen) atoms. The smallest absolute Gasteiger partial charge is 0.267 e. The molecule has 0 atom stereocenters. The number of nitro groups is 1. The van der Waals surface area contributed by atoms with Gasteiger partial charge in [0.1, 0.15) is 0 Å². The highest BCUT2D eigenvalue weighted by Gasteiger charge is 2.07. The van der Waals surface area contributed by atoms with Crippen LogP contribution in [0.2, 0.25) is 0 Å². The molecule has 0 radical (unpaired) electrons. The Labute approximate surface area is 134 Å². The van der Waals surface area contributed by atoms with E-state index in [1.165, 1.54) is 18.3 Å². The maximum absolute atomic E-state index is 11.9. The van der Waals surface area contributed by atoms with Crippen molar-refractivity contribution in [3.05, 3.63) is 73.3 Å². The Bertz CT molecular complexity index is 699. The zero-order valence-corrected chi connectivity index (χ0v) is 12.9. The molecule has 6 nitrogen and oxygen atoms in total. The van der Waals surface area contributed by atoms with Gasteiger partial charge in [0.05, 0.1) is 16.7 Å². The molecule has 1 N–H and O–H groups in total. The quantitative estimate of drug-likeness (QED) is 0.374. The molecule has 0 saturated heterocycles. The van der Waals surface area contributed by atoms with Crippen LogP contribution in [0.3, 0.4) is 0 Å². The Kier molecular flexibility index (Phi) is 4.99. The molecule has 0 aliphatic heterocycles. The van der Waals surface area contributed by atoms with Gasteiger partial charge in [-0.25, -0.2) is 5.43 Å². The molecule has 0 heterocycles. The van der Waals surface area contributed by atoms with E-state index in [1.54, 1.807) is 24.3 Å². The van der Waals surface area contributed by atoms with Gasteiger partial charge in [-0.1, -0.05) is 12.1 Å². The molecule has 2 rings (SSSR count). The van der Waals surface area contributed by atoms with Gasteiger partial charge in [-0.05, 0) is 52.4 Å². The first-order valence-corrected chi connectivity index (χ1v) is 6.98. The summed E-state index contributed by atoms with van der Waals surface area (Å²) in [4.78, 5) is 21.9. The Morgan fingerprint density at radius 2 is 1.86 bits per heavy atom. The van der Waals surface area contributed by atoms with Crippen LogP contribution in [0, 0.1) is 13.7 Å². The fourth-order valence-corrected chi connectivity index (χ4v) is 2.19. The number of benzene rings is 2. The Morgan fingerprint density at radius 3 is 2.48 bits per heavy atom. The Morgan fingerprint density at radius 1 is 1.19 bits per heavy atom. The van der Waals surface area contributed by atoms with Gasteiger partial charge >= 0.3 is 0 Å². The van der Waals surface area contributed by atoms with Gasteiger partial charge in [-0.15, -0.1) is 0 Å². The predicted molar refractivity (Wildman–Crippen MR) is 87.3 cm³/mol. The number of nitrogens with zero attached hydrogens (tertiary/aromatic N) is 2. The normalized spacial score (nSPS) is 10.5. The lowest BCUT2D eigenvalue weighted by Gasteiger charge is -2.01. The molecule has 2 aromatic carbocycles. The average Bonchev–Trinajstić information content (AvgIpc) is 2.48. The van der Waals surface area contributed by atoms with Gasteiger partial charge in [-0.2, -0.15) is 5.10 Å². The zero-order valence-electron chi connectivity index (χ0n) is 10.7. The summed E-state index contributed by atoms with van der Waals surface area (Å²) in [5.41, 5.74) is 3.62. The van der Waals surface area contributed by atoms with Crippen molar-refractivity contribution in [3.8, 4) is 0 Å². The number of rotatable bonds is 4. The molecule has 0 fully saturated rings. The highest BCUT2D eigenvalue weighted by molar-refractivity contribution is 14.1. The summed E-state index contributed by atoms with van der Waals surface area (Å²) in [5, 5.41) is 14.4. The van der Waals surface area contributed by atoms with E-state index in [1.807, 2.05) is 12.1 Å². The summed E-state index contributed by atoms with van der Waals surface area (Å²) in [7, 11) is 0. The molecule has 0 aromatic heterocycles. The molecule has 0 bridgehead atoms. The van der Waals surface area contributed by atoms with Crippen LogP contribution in [-0.4, -0.2) is 17.0 Å². The fraction of sp³-hybridized carbons (Fsp3) is 0. The standard InChI is InChI=1S/C14H10IN3O3/c15-13-4-2-1-3-12(13)14(19)17-16-9-10-5-7-11(8-6-10)18(20)21/h1-9H,(H,17,19). The second-order valence-electron chi connectivity index (χ2n) is 4.03. The van der Waals surface area contributed by atoms with Crippen LogP contribution < -0.4 is 5.43 Å². The molecule has 2 aromatic rings. The molecule has 0 unspecified atom stereocenters. The lowest BCUT2D eigenvalue weighted by atomic mass is 10.2. The van der Waals surface area contributed by atoms with Crippen LogP contribution in [0.25, 0.3) is 0 Å². The SMILES string of the molecule is O=C(NN=Cc1ccc([N+](=O)[O-])cc1)c1ccccc1I. The van der Waals surface area contributed by atoms with Crippen molar-refractivity contribution >= 4 is 40.4 Å². The number of nitro benzene ring substituents is 1. The maximum atomic E-state index is 11.9. The topological polar surface area (TPSA) is 84.6 Å². The third-order valence-corrected chi connectivity index (χ3v) is 3.54. The van der Waals surface area contributed by atoms with Gasteiger partial charge in [-0.3, -0.25) is 14.9 Å². The highest BCUT2D eigenvalue weighted by Crippen LogP contribution is 2.12. The number of hydrazone groups is 1. The number of carbonyl (C=O) groups is 1. The minimum absolute atomic E-state index is 0.00928. The fourth-order valence-electron chi connectivity index (χ4n) is 1.55. The summed E-state index contributed by atoms with van der Waals surface area (Å²) in [6, 6.07) is 13.0. The molecular weight excluding hydrogens is 385 g/mol. The first kappa shape index (κ1) is 15.1. The number of hydrogen-bond acceptors (Lipinski definition) is 4. The second-order valence-corrected chi connectivity index (χ2v) is 5.19. The highest BCUT2D eigenvalue weighted by atomic mass is 127. The number of hydrogen-bond donors (Lipinski definition) is 1. The Balaban J connectivity index is 2.01. The van der Waals surface area contributed by atoms with Crippen LogP contribution in [0.15, 0.2) is 53.6 Å². The third kappa shape index (κ3) is 4.09. The van der Waals surface area contributed by atoms with E-state index < -0.39 is 4.92 Å². The predicted octanol–water partition coefficient (Wildman–Crippen LogP) is 2.96. The molecule has 106 valence electrons. The van der Waals surface area contributed by atoms with Crippen LogP contribution >= 0.6 is 22.6 Å². The van der Waals surface area contributed by atoms with Gasteiger partial charge in [0, 0.05) is 15.7 Å². The van der Waals surface area contributed by atoms with Crippen molar-refractivity contribution in [3.63, 3.8) is 0 Å². The van der Waals surface area contributed by atoms with Crippen molar-refractivity contribution in [1.82, 2.24) is 5.43 Å². The first-order valence-electron chi connectivity index (χ1n) is 5.90. The van der Waals surface area contributed by atoms with Crippen LogP contribution in [0.5, 0.6) is 0 Å². The van der Waals surface area contributed by atoms with Gasteiger partial charge in [0.15, 0.2) is 0 Å². The summed E-state index contributed by atoms with van der Waals surface area (Å²) in [6.07, 6.45) is 1.43. The molecule has 0 aliphatic rings. The first-order chi connectivity index (χ1) is 10.1. The van der Waals surface area contributed by atoms with E-state index in [4.69, 9.17) is 0 Å². The van der Waals surface area contributed by atoms with Crippen molar-refractivity contribution in [2.24, 2.45) is 5.10 Å². The zero-order chi connectivity index (χ0) is 15.2. The van der Waals surface area contributed by atoms with E-state index >= 15 is 0 Å². The third-order valence-electron chi connectivity index (χ3n) is 2.60. The van der Waals surface area contributed by atoms with Crippen molar-refractivity contribution < 1.29 is 9.72 Å². The number of carbonyl (C=O) groups excluding carboxylic acids is 1. The van der Waals surface area contributed by atoms with Crippen LogP contribution in [0.1, 0.15) is 15.9 Å². The van der Waals surface area contributed by atoms with Crippen molar-refractivity contribution in [2.75, 3.05) is 0 Å².